The number of rotatable bonds is 10. The predicted molar refractivity (Wildman–Crippen MR) is 153 cm³/mol. The second-order valence-electron chi connectivity index (χ2n) is 14.9. The summed E-state index contributed by atoms with van der Waals surface area (Å²) in [6.45, 7) is 30.1. The van der Waals surface area contributed by atoms with Crippen LogP contribution in [0.5, 0.6) is 0 Å². The molecule has 0 amide bonds. The molecule has 1 saturated carbocycles. The molecule has 204 valence electrons. The lowest BCUT2D eigenvalue weighted by molar-refractivity contribution is -0.141. The highest BCUT2D eigenvalue weighted by molar-refractivity contribution is 6.74. The largest absolute Gasteiger partial charge is 0.462 e. The van der Waals surface area contributed by atoms with Gasteiger partial charge in [0, 0.05) is 18.3 Å². The van der Waals surface area contributed by atoms with Gasteiger partial charge in [0.15, 0.2) is 16.6 Å². The third-order valence-electron chi connectivity index (χ3n) is 9.48. The summed E-state index contributed by atoms with van der Waals surface area (Å²) >= 11 is 0. The van der Waals surface area contributed by atoms with E-state index >= 15 is 0 Å². The van der Waals surface area contributed by atoms with Crippen molar-refractivity contribution in [3.05, 3.63) is 12.2 Å². The summed E-state index contributed by atoms with van der Waals surface area (Å²) in [6, 6.07) is 0. The molecule has 0 spiro atoms. The van der Waals surface area contributed by atoms with Gasteiger partial charge in [0.2, 0.25) is 0 Å². The van der Waals surface area contributed by atoms with Gasteiger partial charge in [0.1, 0.15) is 6.10 Å². The molecule has 2 rings (SSSR count). The van der Waals surface area contributed by atoms with Crippen LogP contribution in [-0.4, -0.2) is 40.9 Å². The van der Waals surface area contributed by atoms with Crippen molar-refractivity contribution in [1.29, 1.82) is 0 Å². The minimum absolute atomic E-state index is 0.0141. The molecule has 0 bridgehead atoms. The Bertz CT molecular complexity index is 758. The maximum atomic E-state index is 12.2. The van der Waals surface area contributed by atoms with Crippen LogP contribution in [0.4, 0.5) is 0 Å². The summed E-state index contributed by atoms with van der Waals surface area (Å²) in [7, 11) is -3.91. The number of fused-ring (bicyclic) bond motifs is 1. The molecule has 1 aliphatic carbocycles. The Morgan fingerprint density at radius 2 is 1.57 bits per heavy atom. The molecule has 0 radical (unpaired) electrons. The van der Waals surface area contributed by atoms with E-state index in [0.717, 1.165) is 12.8 Å². The van der Waals surface area contributed by atoms with Crippen LogP contribution in [-0.2, 0) is 18.4 Å². The fourth-order valence-corrected chi connectivity index (χ4v) is 7.55. The number of ether oxygens (including phenoxy) is 1. The molecule has 0 aromatic rings. The highest BCUT2D eigenvalue weighted by Crippen LogP contribution is 2.48. The Hall–Kier alpha value is -0.436. The number of esters is 1. The second kappa shape index (κ2) is 10.7. The Morgan fingerprint density at radius 1 is 1.00 bits per heavy atom. The average molecular weight is 525 g/mol. The van der Waals surface area contributed by atoms with Gasteiger partial charge in [0.05, 0.1) is 18.6 Å². The van der Waals surface area contributed by atoms with E-state index in [-0.39, 0.29) is 51.6 Å². The van der Waals surface area contributed by atoms with Crippen molar-refractivity contribution in [2.75, 3.05) is 0 Å². The number of carbonyl (C=O) groups is 1. The topological polar surface area (TPSA) is 44.8 Å². The third kappa shape index (κ3) is 7.33. The summed E-state index contributed by atoms with van der Waals surface area (Å²) in [5.74, 6) is 0.343. The van der Waals surface area contributed by atoms with Crippen molar-refractivity contribution in [1.82, 2.24) is 0 Å². The number of hydrogen-bond acceptors (Lipinski definition) is 4. The van der Waals surface area contributed by atoms with Crippen LogP contribution >= 0.6 is 0 Å². The molecule has 2 fully saturated rings. The van der Waals surface area contributed by atoms with Gasteiger partial charge in [-0.3, -0.25) is 4.79 Å². The maximum Gasteiger partial charge on any atom is 0.306 e. The smallest absolute Gasteiger partial charge is 0.306 e. The van der Waals surface area contributed by atoms with Crippen LogP contribution in [0.25, 0.3) is 0 Å². The Labute approximate surface area is 219 Å². The molecule has 4 nitrogen and oxygen atoms in total. The molecule has 0 unspecified atom stereocenters. The van der Waals surface area contributed by atoms with Crippen LogP contribution in [0.1, 0.15) is 94.4 Å². The van der Waals surface area contributed by atoms with Gasteiger partial charge in [-0.1, -0.05) is 87.3 Å². The highest BCUT2D eigenvalue weighted by Gasteiger charge is 2.52. The van der Waals surface area contributed by atoms with Crippen molar-refractivity contribution in [3.8, 4) is 0 Å². The Kier molecular flexibility index (Phi) is 9.45. The molecule has 6 heteroatoms. The van der Waals surface area contributed by atoms with Gasteiger partial charge in [-0.2, -0.15) is 0 Å². The molecule has 1 heterocycles. The first-order chi connectivity index (χ1) is 15.7. The van der Waals surface area contributed by atoms with Crippen LogP contribution < -0.4 is 0 Å². The van der Waals surface area contributed by atoms with Crippen LogP contribution in [0.2, 0.25) is 36.3 Å². The van der Waals surface area contributed by atoms with Crippen molar-refractivity contribution in [3.63, 3.8) is 0 Å². The first-order valence-corrected chi connectivity index (χ1v) is 19.8. The van der Waals surface area contributed by atoms with Crippen molar-refractivity contribution in [2.24, 2.45) is 17.3 Å². The van der Waals surface area contributed by atoms with Crippen LogP contribution in [0, 0.1) is 17.3 Å². The molecule has 0 aromatic carbocycles. The quantitative estimate of drug-likeness (QED) is 0.163. The van der Waals surface area contributed by atoms with Crippen molar-refractivity contribution in [2.45, 2.75) is 149 Å². The normalized spacial score (nSPS) is 27.4. The first kappa shape index (κ1) is 30.8. The summed E-state index contributed by atoms with van der Waals surface area (Å²) < 4.78 is 19.8. The van der Waals surface area contributed by atoms with E-state index in [9.17, 15) is 4.79 Å². The first-order valence-electron chi connectivity index (χ1n) is 14.0. The van der Waals surface area contributed by atoms with E-state index < -0.39 is 16.6 Å². The number of carbonyl (C=O) groups excluding carboxylic acids is 1. The van der Waals surface area contributed by atoms with Crippen LogP contribution in [0.15, 0.2) is 12.2 Å². The fourth-order valence-electron chi connectivity index (χ4n) is 4.80. The van der Waals surface area contributed by atoms with E-state index in [1.54, 1.807) is 0 Å². The van der Waals surface area contributed by atoms with Gasteiger partial charge in [0.25, 0.3) is 0 Å². The molecule has 0 N–H and O–H groups in total. The number of hydrogen-bond donors (Lipinski definition) is 0. The van der Waals surface area contributed by atoms with Crippen molar-refractivity contribution >= 4 is 22.6 Å². The third-order valence-corrected chi connectivity index (χ3v) is 18.4. The monoisotopic (exact) mass is 524 g/mol. The lowest BCUT2D eigenvalue weighted by Gasteiger charge is -2.44. The van der Waals surface area contributed by atoms with Gasteiger partial charge in [-0.15, -0.1) is 0 Å². The van der Waals surface area contributed by atoms with E-state index in [0.29, 0.717) is 6.42 Å². The minimum atomic E-state index is -1.97. The lowest BCUT2D eigenvalue weighted by Crippen LogP contribution is -2.47. The van der Waals surface area contributed by atoms with E-state index in [4.69, 9.17) is 13.6 Å². The predicted octanol–water partition coefficient (Wildman–Crippen LogP) is 8.49. The molecule has 5 atom stereocenters. The minimum Gasteiger partial charge on any atom is -0.462 e. The van der Waals surface area contributed by atoms with E-state index in [1.807, 2.05) is 0 Å². The highest BCUT2D eigenvalue weighted by atomic mass is 28.4. The van der Waals surface area contributed by atoms with Gasteiger partial charge < -0.3 is 13.6 Å². The fraction of sp³-hybridized carbons (Fsp3) is 0.897. The van der Waals surface area contributed by atoms with Crippen molar-refractivity contribution < 1.29 is 18.4 Å². The summed E-state index contributed by atoms with van der Waals surface area (Å²) in [5, 5.41) is 0.295. The second-order valence-corrected chi connectivity index (χ2v) is 24.4. The summed E-state index contributed by atoms with van der Waals surface area (Å²) in [6.07, 6.45) is 9.66. The Morgan fingerprint density at radius 3 is 2.09 bits per heavy atom. The van der Waals surface area contributed by atoms with Gasteiger partial charge >= 0.3 is 5.97 Å². The summed E-state index contributed by atoms with van der Waals surface area (Å²) in [5.41, 5.74) is 0.0395. The Balaban J connectivity index is 2.39. The molecular weight excluding hydrogens is 468 g/mol. The number of unbranched alkanes of at least 4 members (excludes halogenated alkanes) is 1. The zero-order valence-corrected chi connectivity index (χ0v) is 27.2. The zero-order chi connectivity index (χ0) is 27.0. The molecule has 1 aliphatic heterocycles. The SMILES string of the molecule is CCCCC(C)(C)[C@@H](C=C[C@H]1[C@@H]2CC(=O)O[C@@H]2C[C@@H]1O[Si](C)(C)C(C)(C)C)O[Si](C)(C)C(C)(C)C. The molecule has 1 saturated heterocycles. The molecule has 0 aromatic heterocycles. The zero-order valence-electron chi connectivity index (χ0n) is 25.2. The van der Waals surface area contributed by atoms with Gasteiger partial charge in [-0.05, 0) is 48.1 Å². The average Bonchev–Trinajstić information content (AvgIpc) is 3.16. The molecule has 2 aliphatic rings. The molecular formula is C29H56O4Si2. The standard InChI is InChI=1S/C29H56O4Si2/c1-14-15-18-29(8,9)25(33-35(12,13)28(5,6)7)17-16-21-22-19-26(30)31-23(22)20-24(21)32-34(10,11)27(2,3)4/h16-17,21-25H,14-15,18-20H2,1-13H3/t21-,22-,23+,24-,25+/m0/s1. The van der Waals surface area contributed by atoms with Gasteiger partial charge in [-0.25, -0.2) is 0 Å². The molecule has 35 heavy (non-hydrogen) atoms. The summed E-state index contributed by atoms with van der Waals surface area (Å²) in [4.78, 5) is 12.2. The van der Waals surface area contributed by atoms with E-state index in [2.05, 4.69) is 101 Å². The maximum absolute atomic E-state index is 12.2. The van der Waals surface area contributed by atoms with E-state index in [1.165, 1.54) is 12.8 Å². The van der Waals surface area contributed by atoms with Crippen LogP contribution in [0.3, 0.4) is 0 Å². The lowest BCUT2D eigenvalue weighted by atomic mass is 9.80.